The van der Waals surface area contributed by atoms with E-state index in [2.05, 4.69) is 114 Å². The van der Waals surface area contributed by atoms with Crippen molar-refractivity contribution in [2.24, 2.45) is 0 Å². The summed E-state index contributed by atoms with van der Waals surface area (Å²) < 4.78 is 19.3. The van der Waals surface area contributed by atoms with Crippen molar-refractivity contribution in [3.8, 4) is 67.5 Å². The van der Waals surface area contributed by atoms with Crippen LogP contribution in [0.2, 0.25) is 0 Å². The van der Waals surface area contributed by atoms with Gasteiger partial charge in [-0.15, -0.1) is 0 Å². The second kappa shape index (κ2) is 13.9. The molecule has 5 aromatic heterocycles. The molecule has 0 saturated heterocycles. The highest BCUT2D eigenvalue weighted by Gasteiger charge is 2.20. The van der Waals surface area contributed by atoms with Crippen molar-refractivity contribution in [3.05, 3.63) is 194 Å². The summed E-state index contributed by atoms with van der Waals surface area (Å²) in [6.07, 6.45) is 3.64. The molecule has 0 saturated carbocycles. The number of hydrogen-bond donors (Lipinski definition) is 0. The maximum absolute atomic E-state index is 6.70. The fraction of sp³-hybridized carbons (Fsp3) is 0. The molecular formula is C56H32N4O3. The van der Waals surface area contributed by atoms with Gasteiger partial charge < -0.3 is 13.3 Å². The zero-order valence-corrected chi connectivity index (χ0v) is 33.5. The van der Waals surface area contributed by atoms with Crippen LogP contribution >= 0.6 is 0 Å². The first-order valence-electron chi connectivity index (χ1n) is 20.8. The number of benzene rings is 8. The van der Waals surface area contributed by atoms with Crippen LogP contribution in [-0.4, -0.2) is 19.9 Å². The van der Waals surface area contributed by atoms with Crippen molar-refractivity contribution < 1.29 is 13.3 Å². The third kappa shape index (κ3) is 5.82. The van der Waals surface area contributed by atoms with E-state index in [4.69, 9.17) is 28.2 Å². The van der Waals surface area contributed by atoms with Gasteiger partial charge >= 0.3 is 0 Å². The van der Waals surface area contributed by atoms with Crippen LogP contribution in [0.25, 0.3) is 133 Å². The van der Waals surface area contributed by atoms with Crippen LogP contribution in [0.3, 0.4) is 0 Å². The predicted molar refractivity (Wildman–Crippen MR) is 252 cm³/mol. The highest BCUT2D eigenvalue weighted by molar-refractivity contribution is 6.17. The van der Waals surface area contributed by atoms with Gasteiger partial charge in [-0.2, -0.15) is 0 Å². The lowest BCUT2D eigenvalue weighted by Gasteiger charge is -2.11. The zero-order valence-electron chi connectivity index (χ0n) is 33.5. The summed E-state index contributed by atoms with van der Waals surface area (Å²) in [5, 5.41) is 6.45. The van der Waals surface area contributed by atoms with Crippen molar-refractivity contribution in [2.75, 3.05) is 0 Å². The molecule has 0 aliphatic carbocycles. The quantitative estimate of drug-likeness (QED) is 0.165. The summed E-state index contributed by atoms with van der Waals surface area (Å²) in [5.41, 5.74) is 13.8. The highest BCUT2D eigenvalue weighted by atomic mass is 16.3. The smallest absolute Gasteiger partial charge is 0.164 e. The van der Waals surface area contributed by atoms with E-state index in [-0.39, 0.29) is 0 Å². The largest absolute Gasteiger partial charge is 0.456 e. The van der Waals surface area contributed by atoms with Crippen molar-refractivity contribution in [1.29, 1.82) is 0 Å². The fourth-order valence-electron chi connectivity index (χ4n) is 8.96. The molecule has 0 bridgehead atoms. The summed E-state index contributed by atoms with van der Waals surface area (Å²) in [7, 11) is 0. The van der Waals surface area contributed by atoms with E-state index in [9.17, 15) is 0 Å². The van der Waals surface area contributed by atoms with Gasteiger partial charge in [-0.1, -0.05) is 127 Å². The number of pyridine rings is 1. The van der Waals surface area contributed by atoms with Gasteiger partial charge in [0.25, 0.3) is 0 Å². The number of nitrogens with zero attached hydrogens (tertiary/aromatic N) is 4. The number of para-hydroxylation sites is 3. The molecule has 5 heterocycles. The molecule has 294 valence electrons. The van der Waals surface area contributed by atoms with Crippen LogP contribution in [0.4, 0.5) is 0 Å². The van der Waals surface area contributed by atoms with Gasteiger partial charge in [0.05, 0.1) is 0 Å². The molecule has 7 heteroatoms. The molecule has 13 rings (SSSR count). The lowest BCUT2D eigenvalue weighted by Crippen LogP contribution is -2.00. The first kappa shape index (κ1) is 35.1. The lowest BCUT2D eigenvalue weighted by molar-refractivity contribution is 0.668. The highest BCUT2D eigenvalue weighted by Crippen LogP contribution is 2.43. The van der Waals surface area contributed by atoms with Crippen LogP contribution in [0.5, 0.6) is 0 Å². The SMILES string of the molecule is c1cncc(-c2ccc(-c3nc(-c4ccc(-c5ccc(-c6ccc7c(c6)oc6ccccc67)c6c5oc5ccccc56)cc4)nc(-c4ccc5c(c4)oc4ccccc45)n3)cc2)c1. The van der Waals surface area contributed by atoms with E-state index in [1.807, 2.05) is 79.0 Å². The monoisotopic (exact) mass is 808 g/mol. The summed E-state index contributed by atoms with van der Waals surface area (Å²) in [4.78, 5) is 19.5. The minimum Gasteiger partial charge on any atom is -0.456 e. The number of rotatable bonds is 6. The Kier molecular flexibility index (Phi) is 7.77. The average Bonchev–Trinajstić information content (AvgIpc) is 4.05. The Bertz CT molecular complexity index is 3900. The Morgan fingerprint density at radius 3 is 1.40 bits per heavy atom. The van der Waals surface area contributed by atoms with Gasteiger partial charge in [-0.25, -0.2) is 15.0 Å². The van der Waals surface area contributed by atoms with Gasteiger partial charge in [0, 0.05) is 67.0 Å². The van der Waals surface area contributed by atoms with Crippen LogP contribution in [0.15, 0.2) is 208 Å². The van der Waals surface area contributed by atoms with Crippen molar-refractivity contribution in [3.63, 3.8) is 0 Å². The third-order valence-corrected chi connectivity index (χ3v) is 12.1. The van der Waals surface area contributed by atoms with E-state index in [1.54, 1.807) is 6.20 Å². The molecule has 0 fully saturated rings. The molecule has 7 nitrogen and oxygen atoms in total. The number of fused-ring (bicyclic) bond motifs is 9. The summed E-state index contributed by atoms with van der Waals surface area (Å²) in [6, 6.07) is 62.1. The third-order valence-electron chi connectivity index (χ3n) is 12.1. The van der Waals surface area contributed by atoms with E-state index < -0.39 is 0 Å². The topological polar surface area (TPSA) is 91.0 Å². The van der Waals surface area contributed by atoms with Gasteiger partial charge in [0.15, 0.2) is 17.5 Å². The molecule has 0 aliphatic rings. The number of hydrogen-bond acceptors (Lipinski definition) is 7. The van der Waals surface area contributed by atoms with E-state index in [0.717, 1.165) is 116 Å². The minimum atomic E-state index is 0.554. The van der Waals surface area contributed by atoms with Crippen molar-refractivity contribution in [2.45, 2.75) is 0 Å². The van der Waals surface area contributed by atoms with E-state index in [1.165, 1.54) is 0 Å². The molecule has 8 aromatic carbocycles. The molecule has 0 radical (unpaired) electrons. The van der Waals surface area contributed by atoms with Crippen LogP contribution in [-0.2, 0) is 0 Å². The standard InChI is InChI=1S/C56H32N4O3/c1-4-12-47-42(9-1)44-25-23-37(30-50(44)61-47)40-27-28-41(53-52(40)46-11-3-6-14-49(46)63-53)34-17-21-36(22-18-34)55-58-54(35-19-15-33(16-20-35)39-8-7-29-57-32-39)59-56(60-55)38-24-26-45-43-10-2-5-13-48(43)62-51(45)31-38/h1-32H. The second-order valence-electron chi connectivity index (χ2n) is 15.8. The molecule has 13 aromatic rings. The fourth-order valence-corrected chi connectivity index (χ4v) is 8.96. The Morgan fingerprint density at radius 2 is 0.778 bits per heavy atom. The van der Waals surface area contributed by atoms with E-state index >= 15 is 0 Å². The molecule has 0 spiro atoms. The van der Waals surface area contributed by atoms with Gasteiger partial charge in [0.1, 0.15) is 33.5 Å². The molecule has 0 N–H and O–H groups in total. The minimum absolute atomic E-state index is 0.554. The Balaban J connectivity index is 0.917. The molecule has 63 heavy (non-hydrogen) atoms. The first-order chi connectivity index (χ1) is 31.2. The molecular weight excluding hydrogens is 777 g/mol. The van der Waals surface area contributed by atoms with Crippen LogP contribution in [0, 0.1) is 0 Å². The Labute approximate surface area is 359 Å². The summed E-state index contributed by atoms with van der Waals surface area (Å²) in [6.45, 7) is 0. The molecule has 0 aliphatic heterocycles. The predicted octanol–water partition coefficient (Wildman–Crippen LogP) is 15.0. The second-order valence-corrected chi connectivity index (χ2v) is 15.8. The van der Waals surface area contributed by atoms with Crippen molar-refractivity contribution in [1.82, 2.24) is 19.9 Å². The average molecular weight is 809 g/mol. The maximum atomic E-state index is 6.70. The molecule has 0 unspecified atom stereocenters. The first-order valence-corrected chi connectivity index (χ1v) is 20.8. The van der Waals surface area contributed by atoms with Gasteiger partial charge in [-0.3, -0.25) is 4.98 Å². The van der Waals surface area contributed by atoms with Crippen LogP contribution in [0.1, 0.15) is 0 Å². The lowest BCUT2D eigenvalue weighted by atomic mass is 9.94. The normalized spacial score (nSPS) is 11.8. The summed E-state index contributed by atoms with van der Waals surface area (Å²) >= 11 is 0. The summed E-state index contributed by atoms with van der Waals surface area (Å²) in [5.74, 6) is 1.69. The van der Waals surface area contributed by atoms with Crippen LogP contribution < -0.4 is 0 Å². The zero-order chi connectivity index (χ0) is 41.4. The number of aromatic nitrogens is 4. The molecule has 0 atom stereocenters. The maximum Gasteiger partial charge on any atom is 0.164 e. The van der Waals surface area contributed by atoms with Crippen molar-refractivity contribution >= 4 is 65.8 Å². The van der Waals surface area contributed by atoms with Gasteiger partial charge in [-0.05, 0) is 82.4 Å². The van der Waals surface area contributed by atoms with E-state index in [0.29, 0.717) is 17.5 Å². The molecule has 0 amide bonds. The Hall–Kier alpha value is -8.68. The van der Waals surface area contributed by atoms with Gasteiger partial charge in [0.2, 0.25) is 0 Å². The Morgan fingerprint density at radius 1 is 0.302 bits per heavy atom. The number of furan rings is 3.